The highest BCUT2D eigenvalue weighted by Gasteiger charge is 2.36. The smallest absolute Gasteiger partial charge is 0.0647 e. The van der Waals surface area contributed by atoms with Crippen molar-refractivity contribution >= 4 is 0 Å². The predicted octanol–water partition coefficient (Wildman–Crippen LogP) is 2.77. The maximum Gasteiger partial charge on any atom is 0.0647 e. The lowest BCUT2D eigenvalue weighted by Crippen LogP contribution is -2.23. The Morgan fingerprint density at radius 2 is 2.25 bits per heavy atom. The highest BCUT2D eigenvalue weighted by Crippen LogP contribution is 2.41. The van der Waals surface area contributed by atoms with Crippen molar-refractivity contribution < 1.29 is 4.74 Å². The molecule has 2 bridgehead atoms. The summed E-state index contributed by atoms with van der Waals surface area (Å²) in [4.78, 5) is 0. The van der Waals surface area contributed by atoms with Gasteiger partial charge < -0.3 is 4.74 Å². The average molecular weight is 166 g/mol. The molecule has 0 saturated heterocycles. The van der Waals surface area contributed by atoms with Crippen molar-refractivity contribution in [2.45, 2.75) is 45.3 Å². The summed E-state index contributed by atoms with van der Waals surface area (Å²) in [6.45, 7) is 4.36. The van der Waals surface area contributed by atoms with Gasteiger partial charge >= 0.3 is 0 Å². The van der Waals surface area contributed by atoms with E-state index in [1.165, 1.54) is 12.8 Å². The van der Waals surface area contributed by atoms with E-state index in [1.807, 2.05) is 0 Å². The van der Waals surface area contributed by atoms with Crippen LogP contribution in [0.5, 0.6) is 0 Å². The summed E-state index contributed by atoms with van der Waals surface area (Å²) >= 11 is 0. The third kappa shape index (κ3) is 1.42. The minimum absolute atomic E-state index is 0.447. The van der Waals surface area contributed by atoms with Crippen molar-refractivity contribution in [2.75, 3.05) is 0 Å². The van der Waals surface area contributed by atoms with Gasteiger partial charge in [0, 0.05) is 5.92 Å². The highest BCUT2D eigenvalue weighted by molar-refractivity contribution is 5.11. The molecule has 0 aliphatic heterocycles. The molecule has 0 amide bonds. The molecule has 0 spiro atoms. The zero-order chi connectivity index (χ0) is 8.55. The largest absolute Gasteiger partial charge is 0.375 e. The Morgan fingerprint density at radius 3 is 2.75 bits per heavy atom. The number of hydrogen-bond donors (Lipinski definition) is 0. The number of ether oxygens (including phenoxy) is 1. The Labute approximate surface area is 74.8 Å². The molecule has 0 aromatic heterocycles. The van der Waals surface area contributed by atoms with Crippen LogP contribution in [0.25, 0.3) is 0 Å². The number of allylic oxidation sites excluding steroid dienone is 1. The molecule has 0 heterocycles. The molecule has 1 fully saturated rings. The molecule has 1 heteroatoms. The number of fused-ring (bicyclic) bond motifs is 2. The van der Waals surface area contributed by atoms with Gasteiger partial charge in [-0.2, -0.15) is 0 Å². The molecule has 0 aromatic rings. The van der Waals surface area contributed by atoms with Crippen molar-refractivity contribution in [3.63, 3.8) is 0 Å². The van der Waals surface area contributed by atoms with Crippen LogP contribution >= 0.6 is 0 Å². The standard InChI is InChI=1S/C11H18O/c1-3-8(2)12-11-7-9-4-5-10(11)6-9/h4-5,8-11H,3,6-7H2,1-2H3. The minimum atomic E-state index is 0.447. The van der Waals surface area contributed by atoms with Crippen LogP contribution in [0.15, 0.2) is 12.2 Å². The van der Waals surface area contributed by atoms with E-state index in [0.29, 0.717) is 12.2 Å². The van der Waals surface area contributed by atoms with Crippen molar-refractivity contribution in [3.8, 4) is 0 Å². The fraction of sp³-hybridized carbons (Fsp3) is 0.818. The molecule has 68 valence electrons. The van der Waals surface area contributed by atoms with Crippen LogP contribution < -0.4 is 0 Å². The number of rotatable bonds is 3. The van der Waals surface area contributed by atoms with E-state index < -0.39 is 0 Å². The van der Waals surface area contributed by atoms with Crippen molar-refractivity contribution in [3.05, 3.63) is 12.2 Å². The van der Waals surface area contributed by atoms with E-state index in [9.17, 15) is 0 Å². The van der Waals surface area contributed by atoms with E-state index in [1.54, 1.807) is 0 Å². The third-order valence-corrected chi connectivity index (χ3v) is 3.20. The predicted molar refractivity (Wildman–Crippen MR) is 50.0 cm³/mol. The van der Waals surface area contributed by atoms with Gasteiger partial charge in [0.15, 0.2) is 0 Å². The summed E-state index contributed by atoms with van der Waals surface area (Å²) in [5.41, 5.74) is 0. The van der Waals surface area contributed by atoms with Crippen molar-refractivity contribution in [1.29, 1.82) is 0 Å². The van der Waals surface area contributed by atoms with Crippen LogP contribution in [0.1, 0.15) is 33.1 Å². The van der Waals surface area contributed by atoms with Crippen LogP contribution in [-0.2, 0) is 4.74 Å². The monoisotopic (exact) mass is 166 g/mol. The lowest BCUT2D eigenvalue weighted by molar-refractivity contribution is -0.0166. The van der Waals surface area contributed by atoms with E-state index in [-0.39, 0.29) is 0 Å². The fourth-order valence-corrected chi connectivity index (χ4v) is 2.28. The number of hydrogen-bond acceptors (Lipinski definition) is 1. The Balaban J connectivity index is 1.87. The Hall–Kier alpha value is -0.300. The van der Waals surface area contributed by atoms with Crippen LogP contribution in [-0.4, -0.2) is 12.2 Å². The third-order valence-electron chi connectivity index (χ3n) is 3.20. The van der Waals surface area contributed by atoms with Crippen molar-refractivity contribution in [2.24, 2.45) is 11.8 Å². The van der Waals surface area contributed by atoms with Crippen LogP contribution in [0.2, 0.25) is 0 Å². The average Bonchev–Trinajstić information content (AvgIpc) is 2.64. The molecule has 1 nitrogen and oxygen atoms in total. The molecule has 12 heavy (non-hydrogen) atoms. The molecular weight excluding hydrogens is 148 g/mol. The summed E-state index contributed by atoms with van der Waals surface area (Å²) in [7, 11) is 0. The fourth-order valence-electron chi connectivity index (χ4n) is 2.28. The molecule has 0 aromatic carbocycles. The first kappa shape index (κ1) is 8.31. The zero-order valence-electron chi connectivity index (χ0n) is 7.99. The molecule has 1 saturated carbocycles. The van der Waals surface area contributed by atoms with Crippen LogP contribution in [0, 0.1) is 11.8 Å². The second-order valence-electron chi connectivity index (χ2n) is 4.17. The molecule has 2 aliphatic rings. The van der Waals surface area contributed by atoms with Gasteiger partial charge in [-0.05, 0) is 32.1 Å². The zero-order valence-corrected chi connectivity index (χ0v) is 7.99. The van der Waals surface area contributed by atoms with E-state index in [4.69, 9.17) is 4.74 Å². The first-order valence-corrected chi connectivity index (χ1v) is 5.13. The second kappa shape index (κ2) is 3.21. The van der Waals surface area contributed by atoms with E-state index in [2.05, 4.69) is 26.0 Å². The van der Waals surface area contributed by atoms with Gasteiger partial charge in [0.25, 0.3) is 0 Å². The van der Waals surface area contributed by atoms with Gasteiger partial charge in [0.1, 0.15) is 0 Å². The molecular formula is C11H18O. The highest BCUT2D eigenvalue weighted by atomic mass is 16.5. The lowest BCUT2D eigenvalue weighted by Gasteiger charge is -2.22. The lowest BCUT2D eigenvalue weighted by atomic mass is 10.0. The summed E-state index contributed by atoms with van der Waals surface area (Å²) in [6.07, 6.45) is 9.45. The van der Waals surface area contributed by atoms with Gasteiger partial charge in [-0.1, -0.05) is 19.1 Å². The summed E-state index contributed by atoms with van der Waals surface area (Å²) in [5.74, 6) is 1.58. The van der Waals surface area contributed by atoms with Gasteiger partial charge in [0.05, 0.1) is 12.2 Å². The topological polar surface area (TPSA) is 9.23 Å². The molecule has 4 unspecified atom stereocenters. The minimum Gasteiger partial charge on any atom is -0.375 e. The Kier molecular flexibility index (Phi) is 2.22. The van der Waals surface area contributed by atoms with Gasteiger partial charge in [-0.15, -0.1) is 0 Å². The first-order chi connectivity index (χ1) is 5.79. The molecule has 0 N–H and O–H groups in total. The van der Waals surface area contributed by atoms with Crippen LogP contribution in [0.3, 0.4) is 0 Å². The van der Waals surface area contributed by atoms with E-state index in [0.717, 1.165) is 18.3 Å². The van der Waals surface area contributed by atoms with Crippen LogP contribution in [0.4, 0.5) is 0 Å². The quantitative estimate of drug-likeness (QED) is 0.586. The SMILES string of the molecule is CCC(C)OC1CC2C=CC1C2. The second-order valence-corrected chi connectivity index (χ2v) is 4.17. The normalized spacial score (nSPS) is 40.7. The molecule has 2 aliphatic carbocycles. The molecule has 2 rings (SSSR count). The Bertz CT molecular complexity index is 185. The first-order valence-electron chi connectivity index (χ1n) is 5.13. The van der Waals surface area contributed by atoms with E-state index >= 15 is 0 Å². The van der Waals surface area contributed by atoms with Crippen molar-refractivity contribution in [1.82, 2.24) is 0 Å². The summed E-state index contributed by atoms with van der Waals surface area (Å²) in [5, 5.41) is 0. The molecule has 0 radical (unpaired) electrons. The summed E-state index contributed by atoms with van der Waals surface area (Å²) < 4.78 is 5.94. The molecule has 4 atom stereocenters. The maximum absolute atomic E-state index is 5.94. The summed E-state index contributed by atoms with van der Waals surface area (Å²) in [6, 6.07) is 0. The van der Waals surface area contributed by atoms with Gasteiger partial charge in [0.2, 0.25) is 0 Å². The maximum atomic E-state index is 5.94. The van der Waals surface area contributed by atoms with Gasteiger partial charge in [-0.25, -0.2) is 0 Å². The van der Waals surface area contributed by atoms with Gasteiger partial charge in [-0.3, -0.25) is 0 Å². The Morgan fingerprint density at radius 1 is 1.42 bits per heavy atom.